The molecule has 6 amide bonds. The summed E-state index contributed by atoms with van der Waals surface area (Å²) in [5, 5.41) is 8.40. The Hall–Kier alpha value is -10.9. The molecule has 0 bridgehead atoms. The highest BCUT2D eigenvalue weighted by Gasteiger charge is 2.47. The SMILES string of the molecule is C=C(C)C(=O)OC1CCCC(NC(=O)C(CCC)N2C(=O)c3cc(Oc4ccccc4)c4c5c(Oc6ccccc6)cc6c7c(cc(Oc8ccccc8)c(c8c(Oc9ccccc9)cc(c3c48)C2=O)c75)C(=O)N(C(CCC)C(=O)NC2CCCC(OC(=O)C(=C)C)C2)C6=O)C1. The molecular formula is C78H72N4O14. The van der Waals surface area contributed by atoms with Crippen LogP contribution in [0.4, 0.5) is 0 Å². The van der Waals surface area contributed by atoms with Gasteiger partial charge in [0, 0.05) is 79.2 Å². The first-order valence-electron chi connectivity index (χ1n) is 32.9. The van der Waals surface area contributed by atoms with Gasteiger partial charge in [0.05, 0.1) is 22.3 Å². The number of ether oxygens (including phenoxy) is 6. The molecule has 0 saturated heterocycles. The predicted molar refractivity (Wildman–Crippen MR) is 362 cm³/mol. The van der Waals surface area contributed by atoms with Gasteiger partial charge in [0.1, 0.15) is 70.3 Å². The van der Waals surface area contributed by atoms with Gasteiger partial charge in [-0.15, -0.1) is 0 Å². The summed E-state index contributed by atoms with van der Waals surface area (Å²) >= 11 is 0. The standard InChI is InChI=1S/C78H72N4O14/c1-7-23-57(71(83)79-45-25-21-35-51(37-45)95-77(89)43(3)4)81-73(85)53-39-59(91-47-27-13-9-14-28-47)65-67-61(93-49-31-17-11-18-32-49)41-55-64-56(76(88)82(75(55)87)58(24-8-2)72(84)80-46-26-22-36-52(38-46)96-78(90)44(5)6)42-62(94-50-33-19-12-20-34-50)68(70(64)67)66-60(92-48-29-15-10-16-30-48)40-54(74(81)86)63(53)69(65)66/h9-20,27-34,39-42,45-46,51-52,57-58H,3,5,7-8,21-26,35-38H2,1-2,4,6H3,(H,79,83)(H,80,84). The summed E-state index contributed by atoms with van der Waals surface area (Å²) < 4.78 is 39.8. The Morgan fingerprint density at radius 2 is 0.708 bits per heavy atom. The maximum absolute atomic E-state index is 16.1. The molecule has 0 radical (unpaired) electrons. The molecule has 9 aromatic rings. The van der Waals surface area contributed by atoms with E-state index in [1.54, 1.807) is 135 Å². The number of hydrogen-bond acceptors (Lipinski definition) is 14. The van der Waals surface area contributed by atoms with E-state index in [4.69, 9.17) is 28.4 Å². The molecular weight excluding hydrogens is 1220 g/mol. The second-order valence-corrected chi connectivity index (χ2v) is 25.3. The number of carbonyl (C=O) groups excluding carboxylic acids is 8. The van der Waals surface area contributed by atoms with Gasteiger partial charge in [-0.1, -0.05) is 113 Å². The van der Waals surface area contributed by atoms with Crippen molar-refractivity contribution in [2.24, 2.45) is 0 Å². The summed E-state index contributed by atoms with van der Waals surface area (Å²) in [4.78, 5) is 122. The van der Waals surface area contributed by atoms with Crippen molar-refractivity contribution in [1.82, 2.24) is 20.4 Å². The van der Waals surface area contributed by atoms with Crippen molar-refractivity contribution in [3.05, 3.63) is 192 Å². The van der Waals surface area contributed by atoms with Gasteiger partial charge in [-0.05, 0) is 138 Å². The van der Waals surface area contributed by atoms with Gasteiger partial charge in [-0.25, -0.2) is 9.59 Å². The smallest absolute Gasteiger partial charge is 0.333 e. The molecule has 96 heavy (non-hydrogen) atoms. The van der Waals surface area contributed by atoms with Crippen molar-refractivity contribution in [3.8, 4) is 46.0 Å². The van der Waals surface area contributed by atoms with E-state index in [0.29, 0.717) is 109 Å². The summed E-state index contributed by atoms with van der Waals surface area (Å²) in [5.41, 5.74) is 0.577. The first kappa shape index (κ1) is 63.9. The number of benzene rings is 9. The van der Waals surface area contributed by atoms with Gasteiger partial charge in [0.25, 0.3) is 23.6 Å². The van der Waals surface area contributed by atoms with Crippen LogP contribution in [0, 0.1) is 0 Å². The van der Waals surface area contributed by atoms with Crippen LogP contribution in [-0.4, -0.2) is 93.6 Å². The minimum atomic E-state index is -1.31. The van der Waals surface area contributed by atoms with E-state index >= 15 is 28.8 Å². The molecule has 6 atom stereocenters. The van der Waals surface area contributed by atoms with E-state index in [9.17, 15) is 9.59 Å². The van der Waals surface area contributed by atoms with Crippen molar-refractivity contribution in [1.29, 1.82) is 0 Å². The van der Waals surface area contributed by atoms with E-state index in [1.807, 2.05) is 38.1 Å². The molecule has 0 aromatic heterocycles. The van der Waals surface area contributed by atoms with Gasteiger partial charge < -0.3 is 39.1 Å². The molecule has 18 heteroatoms. The number of esters is 2. The van der Waals surface area contributed by atoms with Crippen LogP contribution in [0.2, 0.25) is 0 Å². The van der Waals surface area contributed by atoms with Crippen LogP contribution in [0.1, 0.15) is 146 Å². The number of amides is 6. The second kappa shape index (κ2) is 26.9. The zero-order chi connectivity index (χ0) is 67.1. The van der Waals surface area contributed by atoms with E-state index < -0.39 is 83.8 Å². The first-order chi connectivity index (χ1) is 46.5. The maximum atomic E-state index is 16.1. The van der Waals surface area contributed by atoms with Crippen molar-refractivity contribution < 1.29 is 66.8 Å². The van der Waals surface area contributed by atoms with Gasteiger partial charge in [-0.2, -0.15) is 0 Å². The minimum Gasteiger partial charge on any atom is -0.459 e. The average molecular weight is 1290 g/mol. The average Bonchev–Trinajstić information content (AvgIpc) is 0.672. The molecule has 13 rings (SSSR count). The summed E-state index contributed by atoms with van der Waals surface area (Å²) in [5.74, 6) is -3.52. The highest BCUT2D eigenvalue weighted by molar-refractivity contribution is 6.45. The fourth-order valence-corrected chi connectivity index (χ4v) is 14.1. The van der Waals surface area contributed by atoms with Crippen molar-refractivity contribution in [2.75, 3.05) is 0 Å². The molecule has 18 nitrogen and oxygen atoms in total. The van der Waals surface area contributed by atoms with Gasteiger partial charge in [0.2, 0.25) is 11.8 Å². The monoisotopic (exact) mass is 1290 g/mol. The molecule has 6 unspecified atom stereocenters. The van der Waals surface area contributed by atoms with E-state index in [1.165, 1.54) is 0 Å². The van der Waals surface area contributed by atoms with Crippen LogP contribution in [0.15, 0.2) is 170 Å². The maximum Gasteiger partial charge on any atom is 0.333 e. The third-order valence-corrected chi connectivity index (χ3v) is 18.4. The van der Waals surface area contributed by atoms with Gasteiger partial charge in [-0.3, -0.25) is 38.6 Å². The highest BCUT2D eigenvalue weighted by atomic mass is 16.5. The zero-order valence-electron chi connectivity index (χ0n) is 53.8. The summed E-state index contributed by atoms with van der Waals surface area (Å²) in [6, 6.07) is 38.4. The number of fused-ring (bicyclic) bond motifs is 2. The largest absolute Gasteiger partial charge is 0.459 e. The molecule has 0 spiro atoms. The number of nitrogens with zero attached hydrogens (tertiary/aromatic N) is 2. The van der Waals surface area contributed by atoms with E-state index in [-0.39, 0.29) is 90.8 Å². The Bertz CT molecular complexity index is 4130. The number of para-hydroxylation sites is 4. The van der Waals surface area contributed by atoms with Crippen LogP contribution in [-0.2, 0) is 28.7 Å². The lowest BCUT2D eigenvalue weighted by molar-refractivity contribution is -0.147. The molecule has 2 fully saturated rings. The summed E-state index contributed by atoms with van der Waals surface area (Å²) in [6.07, 6.45) is 4.26. The Kier molecular flexibility index (Phi) is 17.9. The predicted octanol–water partition coefficient (Wildman–Crippen LogP) is 15.5. The lowest BCUT2D eigenvalue weighted by Crippen LogP contribution is -2.55. The number of imide groups is 2. The highest BCUT2D eigenvalue weighted by Crippen LogP contribution is 2.58. The van der Waals surface area contributed by atoms with E-state index in [2.05, 4.69) is 23.8 Å². The molecule has 9 aromatic carbocycles. The minimum absolute atomic E-state index is 0.0168. The van der Waals surface area contributed by atoms with Crippen LogP contribution in [0.25, 0.3) is 43.1 Å². The van der Waals surface area contributed by atoms with Gasteiger partial charge in [0.15, 0.2) is 0 Å². The molecule has 488 valence electrons. The number of rotatable bonds is 22. The third-order valence-electron chi connectivity index (χ3n) is 18.4. The second-order valence-electron chi connectivity index (χ2n) is 25.3. The van der Waals surface area contributed by atoms with E-state index in [0.717, 1.165) is 9.80 Å². The quantitative estimate of drug-likeness (QED) is 0.0212. The topological polar surface area (TPSA) is 222 Å². The van der Waals surface area contributed by atoms with Crippen molar-refractivity contribution >= 4 is 90.5 Å². The Labute approximate surface area is 554 Å². The molecule has 2 N–H and O–H groups in total. The van der Waals surface area contributed by atoms with Crippen LogP contribution < -0.4 is 29.6 Å². The molecule has 2 aliphatic carbocycles. The van der Waals surface area contributed by atoms with Crippen LogP contribution >= 0.6 is 0 Å². The number of carbonyl (C=O) groups is 8. The van der Waals surface area contributed by atoms with Gasteiger partial charge >= 0.3 is 11.9 Å². The summed E-state index contributed by atoms with van der Waals surface area (Å²) in [7, 11) is 0. The Morgan fingerprint density at radius 1 is 0.427 bits per heavy atom. The molecule has 2 aliphatic heterocycles. The number of nitrogens with one attached hydrogen (secondary N) is 2. The normalized spacial score (nSPS) is 18.2. The third kappa shape index (κ3) is 12.1. The fourth-order valence-electron chi connectivity index (χ4n) is 14.1. The molecule has 4 aliphatic rings. The lowest BCUT2D eigenvalue weighted by atomic mass is 9.80. The lowest BCUT2D eigenvalue weighted by Gasteiger charge is -2.37. The zero-order valence-corrected chi connectivity index (χ0v) is 53.8. The first-order valence-corrected chi connectivity index (χ1v) is 32.9. The number of hydrogen-bond donors (Lipinski definition) is 2. The van der Waals surface area contributed by atoms with Crippen LogP contribution in [0.5, 0.6) is 46.0 Å². The molecule has 2 saturated carbocycles. The van der Waals surface area contributed by atoms with Crippen LogP contribution in [0.3, 0.4) is 0 Å². The molecule has 2 heterocycles. The fraction of sp³-hybridized carbons (Fsp3) is 0.282. The summed E-state index contributed by atoms with van der Waals surface area (Å²) in [6.45, 7) is 14.3. The Morgan fingerprint density at radius 3 is 0.969 bits per heavy atom. The van der Waals surface area contributed by atoms with Crippen molar-refractivity contribution in [2.45, 2.75) is 141 Å². The Balaban J connectivity index is 1.07. The van der Waals surface area contributed by atoms with Crippen molar-refractivity contribution in [3.63, 3.8) is 0 Å².